The van der Waals surface area contributed by atoms with Gasteiger partial charge in [-0.15, -0.1) is 0 Å². The van der Waals surface area contributed by atoms with Gasteiger partial charge in [-0.3, -0.25) is 9.88 Å². The third kappa shape index (κ3) is 5.16. The number of fused-ring (bicyclic) bond motifs is 4. The van der Waals surface area contributed by atoms with Crippen LogP contribution in [0.15, 0.2) is 67.4 Å². The Hall–Kier alpha value is -3.71. The van der Waals surface area contributed by atoms with Gasteiger partial charge in [0.1, 0.15) is 18.5 Å². The molecule has 3 aliphatic rings. The average molecular weight is 515 g/mol. The zero-order valence-corrected chi connectivity index (χ0v) is 22.0. The van der Waals surface area contributed by atoms with Crippen molar-refractivity contribution in [1.29, 1.82) is 0 Å². The van der Waals surface area contributed by atoms with Gasteiger partial charge >= 0.3 is 11.9 Å². The fourth-order valence-electron chi connectivity index (χ4n) is 5.97. The van der Waals surface area contributed by atoms with E-state index in [1.54, 1.807) is 37.6 Å². The molecule has 0 amide bonds. The molecular weight excluding hydrogens is 480 g/mol. The minimum Gasteiger partial charge on any atom is -0.497 e. The van der Waals surface area contributed by atoms with Crippen LogP contribution in [0.5, 0.6) is 5.75 Å². The highest BCUT2D eigenvalue weighted by atomic mass is 16.5. The quantitative estimate of drug-likeness (QED) is 0.271. The summed E-state index contributed by atoms with van der Waals surface area (Å²) in [7, 11) is 1.64. The lowest BCUT2D eigenvalue weighted by atomic mass is 9.72. The number of methoxy groups -OCH3 is 1. The Balaban J connectivity index is 1.47. The molecule has 0 radical (unpaired) electrons. The van der Waals surface area contributed by atoms with E-state index in [2.05, 4.69) is 23.4 Å². The van der Waals surface area contributed by atoms with Gasteiger partial charge in [-0.25, -0.2) is 9.59 Å². The lowest BCUT2D eigenvalue weighted by Gasteiger charge is -2.51. The van der Waals surface area contributed by atoms with Crippen molar-refractivity contribution in [3.8, 4) is 5.75 Å². The highest BCUT2D eigenvalue weighted by Gasteiger charge is 2.44. The van der Waals surface area contributed by atoms with E-state index in [1.807, 2.05) is 24.3 Å². The number of esters is 2. The minimum atomic E-state index is -0.474. The predicted octanol–water partition coefficient (Wildman–Crippen LogP) is 5.60. The van der Waals surface area contributed by atoms with Crippen LogP contribution >= 0.6 is 0 Å². The molecule has 6 rings (SSSR count). The second-order valence-corrected chi connectivity index (χ2v) is 10.1. The monoisotopic (exact) mass is 514 g/mol. The highest BCUT2D eigenvalue weighted by molar-refractivity contribution is 5.93. The number of carbonyl (C=O) groups excluding carboxylic acids is 2. The molecule has 4 heterocycles. The van der Waals surface area contributed by atoms with E-state index in [4.69, 9.17) is 14.2 Å². The van der Waals surface area contributed by atoms with Gasteiger partial charge in [0, 0.05) is 23.7 Å². The second-order valence-electron chi connectivity index (χ2n) is 10.1. The third-order valence-corrected chi connectivity index (χ3v) is 8.02. The van der Waals surface area contributed by atoms with Crippen LogP contribution in [-0.2, 0) is 9.47 Å². The molecule has 1 unspecified atom stereocenters. The Labute approximate surface area is 223 Å². The van der Waals surface area contributed by atoms with E-state index in [1.165, 1.54) is 12.5 Å². The topological polar surface area (TPSA) is 78.0 Å². The summed E-state index contributed by atoms with van der Waals surface area (Å²) in [5.41, 5.74) is 2.51. The van der Waals surface area contributed by atoms with Gasteiger partial charge in [-0.1, -0.05) is 26.0 Å². The standard InChI is InChI=1S/C31H34N2O5/c1-4-16-37-30(34)21-6-8-22(9-7-21)31(35)38-29(28-17-23-13-15-33(28)19-20(23)5-2)25-12-14-32-27-11-10-24(36-3)18-26(25)27/h4,6-12,14,18,20,23,28-29H,1,5,13,15-17,19H2,2-3H3/t20-,23-,28+,29-/m0/s1. The van der Waals surface area contributed by atoms with Gasteiger partial charge in [0.25, 0.3) is 0 Å². The van der Waals surface area contributed by atoms with Crippen LogP contribution in [0.25, 0.3) is 10.9 Å². The fraction of sp³-hybridized carbons (Fsp3) is 0.387. The molecule has 0 spiro atoms. The molecule has 5 atom stereocenters. The zero-order chi connectivity index (χ0) is 26.6. The molecule has 0 saturated carbocycles. The number of ether oxygens (including phenoxy) is 3. The van der Waals surface area contributed by atoms with Crippen molar-refractivity contribution in [2.75, 3.05) is 26.8 Å². The number of hydrogen-bond acceptors (Lipinski definition) is 7. The molecule has 3 saturated heterocycles. The van der Waals surface area contributed by atoms with Crippen LogP contribution in [-0.4, -0.2) is 54.7 Å². The van der Waals surface area contributed by atoms with Crippen LogP contribution < -0.4 is 4.74 Å². The first-order valence-electron chi connectivity index (χ1n) is 13.3. The molecule has 198 valence electrons. The van der Waals surface area contributed by atoms with Crippen LogP contribution in [0.4, 0.5) is 0 Å². The lowest BCUT2D eigenvalue weighted by Crippen LogP contribution is -2.55. The summed E-state index contributed by atoms with van der Waals surface area (Å²) >= 11 is 0. The van der Waals surface area contributed by atoms with Gasteiger partial charge in [0.2, 0.25) is 0 Å². The molecule has 0 N–H and O–H groups in total. The van der Waals surface area contributed by atoms with Crippen LogP contribution in [0.1, 0.15) is 58.6 Å². The first kappa shape index (κ1) is 25.9. The van der Waals surface area contributed by atoms with Crippen LogP contribution in [0.2, 0.25) is 0 Å². The number of rotatable bonds is 9. The van der Waals surface area contributed by atoms with E-state index in [0.717, 1.165) is 48.1 Å². The summed E-state index contributed by atoms with van der Waals surface area (Å²) in [6.45, 7) is 7.98. The predicted molar refractivity (Wildman–Crippen MR) is 145 cm³/mol. The third-order valence-electron chi connectivity index (χ3n) is 8.02. The maximum atomic E-state index is 13.5. The van der Waals surface area contributed by atoms with Crippen molar-refractivity contribution in [3.05, 3.63) is 84.1 Å². The molecule has 7 nitrogen and oxygen atoms in total. The number of nitrogens with zero attached hydrogens (tertiary/aromatic N) is 2. The zero-order valence-electron chi connectivity index (χ0n) is 22.0. The Kier molecular flexibility index (Phi) is 7.74. The summed E-state index contributed by atoms with van der Waals surface area (Å²) in [5.74, 6) is 1.14. The Morgan fingerprint density at radius 3 is 2.55 bits per heavy atom. The Bertz CT molecular complexity index is 1320. The van der Waals surface area contributed by atoms with Gasteiger partial charge < -0.3 is 14.2 Å². The van der Waals surface area contributed by atoms with Crippen molar-refractivity contribution < 1.29 is 23.8 Å². The SMILES string of the molecule is C=CCOC(=O)c1ccc(C(=O)O[C@@H](c2ccnc3ccc(OC)cc23)[C@H]2C[C@@H]3CCN2C[C@@H]3CC)cc1. The highest BCUT2D eigenvalue weighted by Crippen LogP contribution is 2.44. The molecule has 1 aromatic heterocycles. The van der Waals surface area contributed by atoms with Gasteiger partial charge in [0.05, 0.1) is 29.8 Å². The summed E-state index contributed by atoms with van der Waals surface area (Å²) in [4.78, 5) is 32.7. The van der Waals surface area contributed by atoms with Crippen LogP contribution in [0.3, 0.4) is 0 Å². The van der Waals surface area contributed by atoms with E-state index < -0.39 is 18.0 Å². The molecule has 7 heteroatoms. The summed E-state index contributed by atoms with van der Waals surface area (Å²) in [6.07, 6.45) is 6.15. The average Bonchev–Trinajstić information content (AvgIpc) is 2.98. The first-order valence-corrected chi connectivity index (χ1v) is 13.3. The van der Waals surface area contributed by atoms with Gasteiger partial charge in [-0.05, 0) is 79.8 Å². The molecule has 2 aromatic carbocycles. The summed E-state index contributed by atoms with van der Waals surface area (Å²) in [5, 5.41) is 0.916. The summed E-state index contributed by atoms with van der Waals surface area (Å²) in [6, 6.07) is 14.2. The molecule has 3 aromatic rings. The number of pyridine rings is 1. The lowest BCUT2D eigenvalue weighted by molar-refractivity contribution is -0.0659. The van der Waals surface area contributed by atoms with Crippen molar-refractivity contribution in [1.82, 2.24) is 9.88 Å². The second kappa shape index (κ2) is 11.4. The number of carbonyl (C=O) groups is 2. The molecule has 3 aliphatic heterocycles. The number of aromatic nitrogens is 1. The number of piperidine rings is 3. The number of hydrogen-bond donors (Lipinski definition) is 0. The van der Waals surface area contributed by atoms with Gasteiger partial charge in [0.15, 0.2) is 0 Å². The number of benzene rings is 2. The molecule has 0 aliphatic carbocycles. The van der Waals surface area contributed by atoms with Crippen molar-refractivity contribution in [3.63, 3.8) is 0 Å². The van der Waals surface area contributed by atoms with Crippen molar-refractivity contribution in [2.24, 2.45) is 11.8 Å². The maximum absolute atomic E-state index is 13.5. The molecular formula is C31H34N2O5. The molecule has 38 heavy (non-hydrogen) atoms. The smallest absolute Gasteiger partial charge is 0.338 e. The van der Waals surface area contributed by atoms with Crippen molar-refractivity contribution >= 4 is 22.8 Å². The normalized spacial score (nSPS) is 23.0. The first-order chi connectivity index (χ1) is 18.5. The largest absolute Gasteiger partial charge is 0.497 e. The minimum absolute atomic E-state index is 0.0745. The molecule has 2 bridgehead atoms. The Morgan fingerprint density at radius 2 is 1.89 bits per heavy atom. The van der Waals surface area contributed by atoms with E-state index in [-0.39, 0.29) is 12.6 Å². The van der Waals surface area contributed by atoms with Crippen molar-refractivity contribution in [2.45, 2.75) is 38.3 Å². The molecule has 3 fully saturated rings. The van der Waals surface area contributed by atoms with E-state index in [9.17, 15) is 9.59 Å². The Morgan fingerprint density at radius 1 is 1.13 bits per heavy atom. The van der Waals surface area contributed by atoms with Gasteiger partial charge in [-0.2, -0.15) is 0 Å². The maximum Gasteiger partial charge on any atom is 0.338 e. The van der Waals surface area contributed by atoms with Crippen LogP contribution in [0, 0.1) is 11.8 Å². The van der Waals surface area contributed by atoms with E-state index >= 15 is 0 Å². The fourth-order valence-corrected chi connectivity index (χ4v) is 5.97. The summed E-state index contributed by atoms with van der Waals surface area (Å²) < 4.78 is 16.9. The van der Waals surface area contributed by atoms with E-state index in [0.29, 0.717) is 23.0 Å².